The smallest absolute Gasteiger partial charge is 0.269 e. The number of carbonyl (C=O) groups excluding carboxylic acids is 1. The van der Waals surface area contributed by atoms with Gasteiger partial charge in [-0.25, -0.2) is 4.98 Å². The molecule has 0 radical (unpaired) electrons. The number of hydrogen-bond acceptors (Lipinski definition) is 3. The number of pyridine rings is 1. The summed E-state index contributed by atoms with van der Waals surface area (Å²) in [6, 6.07) is 11.0. The monoisotopic (exact) mass is 317 g/mol. The van der Waals surface area contributed by atoms with Crippen molar-refractivity contribution < 1.29 is 4.79 Å². The van der Waals surface area contributed by atoms with Crippen molar-refractivity contribution in [2.24, 2.45) is 0 Å². The second-order valence-corrected chi connectivity index (χ2v) is 5.47. The van der Waals surface area contributed by atoms with E-state index in [2.05, 4.69) is 22.5 Å². The topological polar surface area (TPSA) is 54.0 Å². The van der Waals surface area contributed by atoms with E-state index in [1.54, 1.807) is 12.3 Å². The Labute approximate surface area is 135 Å². The second kappa shape index (κ2) is 8.39. The van der Waals surface area contributed by atoms with E-state index in [-0.39, 0.29) is 5.91 Å². The summed E-state index contributed by atoms with van der Waals surface area (Å²) in [4.78, 5) is 16.1. The first-order valence-corrected chi connectivity index (χ1v) is 7.83. The van der Waals surface area contributed by atoms with Crippen LogP contribution in [0.2, 0.25) is 5.02 Å². The molecule has 0 saturated heterocycles. The lowest BCUT2D eigenvalue weighted by molar-refractivity contribution is 0.0948. The number of benzene rings is 1. The summed E-state index contributed by atoms with van der Waals surface area (Å²) in [5.41, 5.74) is 2.11. The first kappa shape index (κ1) is 16.3. The van der Waals surface area contributed by atoms with Crippen LogP contribution in [0.25, 0.3) is 0 Å². The average molecular weight is 318 g/mol. The first-order chi connectivity index (χ1) is 10.7. The van der Waals surface area contributed by atoms with Gasteiger partial charge in [-0.15, -0.1) is 0 Å². The zero-order valence-electron chi connectivity index (χ0n) is 12.6. The Kier molecular flexibility index (Phi) is 6.22. The van der Waals surface area contributed by atoms with Gasteiger partial charge in [0.25, 0.3) is 5.91 Å². The lowest BCUT2D eigenvalue weighted by Gasteiger charge is -2.08. The Morgan fingerprint density at radius 1 is 1.18 bits per heavy atom. The van der Waals surface area contributed by atoms with Gasteiger partial charge in [0.1, 0.15) is 5.69 Å². The highest BCUT2D eigenvalue weighted by Crippen LogP contribution is 2.19. The van der Waals surface area contributed by atoms with Crippen molar-refractivity contribution in [2.45, 2.75) is 26.2 Å². The minimum absolute atomic E-state index is 0.134. The van der Waals surface area contributed by atoms with Gasteiger partial charge >= 0.3 is 0 Å². The summed E-state index contributed by atoms with van der Waals surface area (Å²) in [5.74, 6) is -0.134. The molecule has 1 amide bonds. The van der Waals surface area contributed by atoms with E-state index in [0.29, 0.717) is 17.3 Å². The van der Waals surface area contributed by atoms with Crippen LogP contribution in [0, 0.1) is 0 Å². The third-order valence-electron chi connectivity index (χ3n) is 3.18. The number of hydrogen-bond donors (Lipinski definition) is 2. The molecular formula is C17H20ClN3O. The minimum Gasteiger partial charge on any atom is -0.354 e. The van der Waals surface area contributed by atoms with E-state index in [4.69, 9.17) is 11.6 Å². The number of amides is 1. The maximum atomic E-state index is 11.9. The zero-order valence-corrected chi connectivity index (χ0v) is 13.4. The van der Waals surface area contributed by atoms with E-state index < -0.39 is 0 Å². The molecule has 4 nitrogen and oxygen atoms in total. The fourth-order valence-electron chi connectivity index (χ4n) is 2.00. The van der Waals surface area contributed by atoms with Gasteiger partial charge in [-0.3, -0.25) is 4.79 Å². The Balaban J connectivity index is 1.91. The van der Waals surface area contributed by atoms with Gasteiger partial charge in [0.05, 0.1) is 11.9 Å². The molecule has 1 aromatic heterocycles. The number of rotatable bonds is 7. The molecule has 0 aliphatic heterocycles. The molecule has 0 aliphatic carbocycles. The molecule has 0 aliphatic rings. The fraction of sp³-hybridized carbons (Fsp3) is 0.294. The third kappa shape index (κ3) is 5.04. The van der Waals surface area contributed by atoms with Crippen LogP contribution < -0.4 is 10.6 Å². The quantitative estimate of drug-likeness (QED) is 0.744. The lowest BCUT2D eigenvalue weighted by Crippen LogP contribution is -2.25. The van der Waals surface area contributed by atoms with Gasteiger partial charge in [0.2, 0.25) is 0 Å². The zero-order chi connectivity index (χ0) is 15.8. The molecule has 0 atom stereocenters. The van der Waals surface area contributed by atoms with Crippen molar-refractivity contribution in [3.05, 3.63) is 53.3 Å². The van der Waals surface area contributed by atoms with Crippen molar-refractivity contribution in [1.29, 1.82) is 0 Å². The molecule has 0 bridgehead atoms. The summed E-state index contributed by atoms with van der Waals surface area (Å²) in [6.07, 6.45) is 4.90. The van der Waals surface area contributed by atoms with Gasteiger partial charge < -0.3 is 10.6 Å². The number of carbonyl (C=O) groups is 1. The molecule has 2 rings (SSSR count). The number of nitrogens with one attached hydrogen (secondary N) is 2. The highest BCUT2D eigenvalue weighted by molar-refractivity contribution is 6.30. The highest BCUT2D eigenvalue weighted by atomic mass is 35.5. The van der Waals surface area contributed by atoms with Gasteiger partial charge in [-0.05, 0) is 36.8 Å². The van der Waals surface area contributed by atoms with Crippen LogP contribution in [0.3, 0.4) is 0 Å². The molecule has 1 heterocycles. The molecule has 116 valence electrons. The number of unbranched alkanes of at least 4 members (excludes halogenated alkanes) is 2. The van der Waals surface area contributed by atoms with Crippen molar-refractivity contribution in [3.8, 4) is 0 Å². The maximum Gasteiger partial charge on any atom is 0.269 e. The summed E-state index contributed by atoms with van der Waals surface area (Å²) < 4.78 is 0. The predicted molar refractivity (Wildman–Crippen MR) is 90.8 cm³/mol. The molecule has 5 heteroatoms. The van der Waals surface area contributed by atoms with Crippen LogP contribution in [-0.4, -0.2) is 17.4 Å². The Hall–Kier alpha value is -2.07. The van der Waals surface area contributed by atoms with Crippen LogP contribution in [0.15, 0.2) is 42.6 Å². The van der Waals surface area contributed by atoms with Crippen molar-refractivity contribution in [2.75, 3.05) is 11.9 Å². The Morgan fingerprint density at radius 3 is 2.73 bits per heavy atom. The molecule has 1 aromatic carbocycles. The van der Waals surface area contributed by atoms with E-state index in [0.717, 1.165) is 30.6 Å². The SMILES string of the molecule is CCCCCNC(=O)c1ccc(Nc2cccc(Cl)c2)cn1. The number of anilines is 2. The van der Waals surface area contributed by atoms with Crippen LogP contribution in [0.5, 0.6) is 0 Å². The van der Waals surface area contributed by atoms with Crippen LogP contribution in [0.4, 0.5) is 11.4 Å². The molecule has 0 saturated carbocycles. The van der Waals surface area contributed by atoms with Gasteiger partial charge in [-0.2, -0.15) is 0 Å². The van der Waals surface area contributed by atoms with Crippen LogP contribution >= 0.6 is 11.6 Å². The van der Waals surface area contributed by atoms with Crippen molar-refractivity contribution in [1.82, 2.24) is 10.3 Å². The van der Waals surface area contributed by atoms with E-state index >= 15 is 0 Å². The van der Waals surface area contributed by atoms with Crippen molar-refractivity contribution in [3.63, 3.8) is 0 Å². The average Bonchev–Trinajstić information content (AvgIpc) is 2.52. The largest absolute Gasteiger partial charge is 0.354 e. The molecular weight excluding hydrogens is 298 g/mol. The summed E-state index contributed by atoms with van der Waals surface area (Å²) >= 11 is 5.94. The van der Waals surface area contributed by atoms with Crippen molar-refractivity contribution >= 4 is 28.9 Å². The predicted octanol–water partition coefficient (Wildman–Crippen LogP) is 4.40. The molecule has 2 N–H and O–H groups in total. The standard InChI is InChI=1S/C17H20ClN3O/c1-2-3-4-10-19-17(22)16-9-8-15(12-20-16)21-14-7-5-6-13(18)11-14/h5-9,11-12,21H,2-4,10H2,1H3,(H,19,22). The van der Waals surface area contributed by atoms with E-state index in [9.17, 15) is 4.79 Å². The first-order valence-electron chi connectivity index (χ1n) is 7.46. The molecule has 0 unspecified atom stereocenters. The summed E-state index contributed by atoms with van der Waals surface area (Å²) in [5, 5.41) is 6.73. The summed E-state index contributed by atoms with van der Waals surface area (Å²) in [7, 11) is 0. The Morgan fingerprint density at radius 2 is 2.05 bits per heavy atom. The van der Waals surface area contributed by atoms with E-state index in [1.165, 1.54) is 0 Å². The molecule has 22 heavy (non-hydrogen) atoms. The summed E-state index contributed by atoms with van der Waals surface area (Å²) in [6.45, 7) is 2.83. The van der Waals surface area contributed by atoms with Crippen LogP contribution in [-0.2, 0) is 0 Å². The minimum atomic E-state index is -0.134. The number of halogens is 1. The second-order valence-electron chi connectivity index (χ2n) is 5.03. The normalized spacial score (nSPS) is 10.3. The Bertz CT molecular complexity index is 614. The molecule has 0 spiro atoms. The fourth-order valence-corrected chi connectivity index (χ4v) is 2.19. The van der Waals surface area contributed by atoms with Gasteiger partial charge in [-0.1, -0.05) is 37.4 Å². The molecule has 0 fully saturated rings. The highest BCUT2D eigenvalue weighted by Gasteiger charge is 2.06. The third-order valence-corrected chi connectivity index (χ3v) is 3.41. The van der Waals surface area contributed by atoms with Crippen LogP contribution in [0.1, 0.15) is 36.7 Å². The number of nitrogens with zero attached hydrogens (tertiary/aromatic N) is 1. The van der Waals surface area contributed by atoms with E-state index in [1.807, 2.05) is 30.3 Å². The molecule has 2 aromatic rings. The van der Waals surface area contributed by atoms with Gasteiger partial charge in [0.15, 0.2) is 0 Å². The maximum absolute atomic E-state index is 11.9. The number of aromatic nitrogens is 1. The lowest BCUT2D eigenvalue weighted by atomic mass is 10.2. The van der Waals surface area contributed by atoms with Gasteiger partial charge in [0, 0.05) is 17.3 Å².